The summed E-state index contributed by atoms with van der Waals surface area (Å²) in [6.07, 6.45) is 1.17. The van der Waals surface area contributed by atoms with Crippen molar-refractivity contribution in [2.75, 3.05) is 18.0 Å². The fourth-order valence-corrected chi connectivity index (χ4v) is 4.01. The van der Waals surface area contributed by atoms with E-state index in [1.165, 1.54) is 12.1 Å². The zero-order valence-electron chi connectivity index (χ0n) is 19.1. The fourth-order valence-electron chi connectivity index (χ4n) is 4.01. The summed E-state index contributed by atoms with van der Waals surface area (Å²) >= 11 is 0. The van der Waals surface area contributed by atoms with Crippen molar-refractivity contribution in [3.8, 4) is 0 Å². The molecule has 0 spiro atoms. The molecule has 0 aliphatic heterocycles. The number of nitrogens with zero attached hydrogens (tertiary/aromatic N) is 3. The first-order chi connectivity index (χ1) is 16.6. The van der Waals surface area contributed by atoms with E-state index in [0.717, 1.165) is 22.5 Å². The molecule has 1 heterocycles. The van der Waals surface area contributed by atoms with E-state index in [1.807, 2.05) is 66.1 Å². The fraction of sp³-hybridized carbons (Fsp3) is 0.222. The molecule has 0 atom stereocenters. The van der Waals surface area contributed by atoms with Crippen LogP contribution in [0.3, 0.4) is 0 Å². The highest BCUT2D eigenvalue weighted by Gasteiger charge is 2.18. The highest BCUT2D eigenvalue weighted by atomic mass is 19.1. The number of halogens is 1. The lowest BCUT2D eigenvalue weighted by molar-refractivity contribution is -0.119. The summed E-state index contributed by atoms with van der Waals surface area (Å²) in [5.74, 6) is -0.229. The van der Waals surface area contributed by atoms with Crippen LogP contribution in [0, 0.1) is 5.82 Å². The maximum atomic E-state index is 13.8. The maximum absolute atomic E-state index is 13.8. The van der Waals surface area contributed by atoms with Crippen molar-refractivity contribution in [2.45, 2.75) is 26.3 Å². The van der Waals surface area contributed by atoms with Crippen LogP contribution < -0.4 is 10.2 Å². The molecular formula is C27H27FN4O2. The Bertz CT molecular complexity index is 1290. The topological polar surface area (TPSA) is 67.2 Å². The Morgan fingerprint density at radius 3 is 2.44 bits per heavy atom. The van der Waals surface area contributed by atoms with Crippen LogP contribution in [-0.4, -0.2) is 34.5 Å². The van der Waals surface area contributed by atoms with E-state index >= 15 is 0 Å². The lowest BCUT2D eigenvalue weighted by Crippen LogP contribution is -2.34. The average molecular weight is 459 g/mol. The van der Waals surface area contributed by atoms with E-state index in [-0.39, 0.29) is 18.0 Å². The van der Waals surface area contributed by atoms with Gasteiger partial charge in [-0.15, -0.1) is 0 Å². The molecule has 174 valence electrons. The molecule has 1 N–H and O–H groups in total. The number of carbonyl (C=O) groups is 2. The number of amides is 2. The van der Waals surface area contributed by atoms with Gasteiger partial charge in [0.1, 0.15) is 18.2 Å². The quantitative estimate of drug-likeness (QED) is 0.373. The highest BCUT2D eigenvalue weighted by Crippen LogP contribution is 2.19. The van der Waals surface area contributed by atoms with E-state index in [2.05, 4.69) is 5.32 Å². The third kappa shape index (κ3) is 5.14. The van der Waals surface area contributed by atoms with Crippen LogP contribution in [0.1, 0.15) is 29.5 Å². The third-order valence-electron chi connectivity index (χ3n) is 5.69. The molecule has 7 heteroatoms. The molecular weight excluding hydrogens is 431 g/mol. The van der Waals surface area contributed by atoms with E-state index in [9.17, 15) is 14.0 Å². The lowest BCUT2D eigenvalue weighted by atomic mass is 10.2. The van der Waals surface area contributed by atoms with Gasteiger partial charge in [-0.2, -0.15) is 0 Å². The number of anilines is 1. The van der Waals surface area contributed by atoms with Gasteiger partial charge in [0.25, 0.3) is 5.91 Å². The highest BCUT2D eigenvalue weighted by molar-refractivity contribution is 5.95. The van der Waals surface area contributed by atoms with Crippen molar-refractivity contribution in [3.05, 3.63) is 96.1 Å². The van der Waals surface area contributed by atoms with E-state index in [0.29, 0.717) is 25.9 Å². The normalized spacial score (nSPS) is 10.9. The van der Waals surface area contributed by atoms with Crippen molar-refractivity contribution in [3.63, 3.8) is 0 Å². The molecule has 0 radical (unpaired) electrons. The Labute approximate surface area is 198 Å². The predicted octanol–water partition coefficient (Wildman–Crippen LogP) is 4.59. The molecule has 6 nitrogen and oxygen atoms in total. The first kappa shape index (κ1) is 23.2. The smallest absolute Gasteiger partial charge is 0.254 e. The number of aromatic nitrogens is 2. The third-order valence-corrected chi connectivity index (χ3v) is 5.69. The number of nitrogens with one attached hydrogen (secondary N) is 1. The second-order valence-electron chi connectivity index (χ2n) is 7.92. The van der Waals surface area contributed by atoms with Gasteiger partial charge in [-0.25, -0.2) is 9.37 Å². The Morgan fingerprint density at radius 1 is 0.971 bits per heavy atom. The zero-order chi connectivity index (χ0) is 23.9. The van der Waals surface area contributed by atoms with E-state index in [1.54, 1.807) is 17.0 Å². The molecule has 2 amide bonds. The van der Waals surface area contributed by atoms with Crippen LogP contribution in [0.4, 0.5) is 10.1 Å². The first-order valence-corrected chi connectivity index (χ1v) is 11.4. The predicted molar refractivity (Wildman–Crippen MR) is 131 cm³/mol. The number of fused-ring (bicyclic) bond motifs is 1. The number of hydrogen-bond donors (Lipinski definition) is 1. The van der Waals surface area contributed by atoms with Crippen LogP contribution in [-0.2, 0) is 17.8 Å². The van der Waals surface area contributed by atoms with Crippen LogP contribution in [0.2, 0.25) is 0 Å². The number of carbonyl (C=O) groups excluding carboxylic acids is 2. The molecule has 0 aliphatic rings. The van der Waals surface area contributed by atoms with Gasteiger partial charge in [-0.3, -0.25) is 9.59 Å². The molecule has 0 bridgehead atoms. The maximum Gasteiger partial charge on any atom is 0.254 e. The number of imidazole rings is 1. The summed E-state index contributed by atoms with van der Waals surface area (Å²) in [5, 5.41) is 2.76. The molecule has 0 fully saturated rings. The van der Waals surface area contributed by atoms with Crippen molar-refractivity contribution < 1.29 is 14.0 Å². The lowest BCUT2D eigenvalue weighted by Gasteiger charge is -2.22. The molecule has 1 aromatic heterocycles. The zero-order valence-corrected chi connectivity index (χ0v) is 19.1. The van der Waals surface area contributed by atoms with Crippen molar-refractivity contribution >= 4 is 28.5 Å². The first-order valence-electron chi connectivity index (χ1n) is 11.4. The van der Waals surface area contributed by atoms with Gasteiger partial charge >= 0.3 is 0 Å². The Hall–Kier alpha value is -4.00. The molecule has 4 aromatic rings. The van der Waals surface area contributed by atoms with Gasteiger partial charge in [0.05, 0.1) is 16.6 Å². The van der Waals surface area contributed by atoms with E-state index < -0.39 is 11.7 Å². The molecule has 0 aliphatic carbocycles. The van der Waals surface area contributed by atoms with E-state index in [4.69, 9.17) is 4.98 Å². The van der Waals surface area contributed by atoms with Gasteiger partial charge < -0.3 is 14.8 Å². The summed E-state index contributed by atoms with van der Waals surface area (Å²) < 4.78 is 15.8. The van der Waals surface area contributed by atoms with Crippen LogP contribution in [0.15, 0.2) is 78.9 Å². The number of aryl methyl sites for hydroxylation is 1. The van der Waals surface area contributed by atoms with Crippen molar-refractivity contribution in [1.82, 2.24) is 14.9 Å². The molecule has 3 aromatic carbocycles. The summed E-state index contributed by atoms with van der Waals surface area (Å²) in [6.45, 7) is 3.05. The van der Waals surface area contributed by atoms with Crippen molar-refractivity contribution in [2.24, 2.45) is 0 Å². The average Bonchev–Trinajstić information content (AvgIpc) is 3.20. The van der Waals surface area contributed by atoms with Crippen molar-refractivity contribution in [1.29, 1.82) is 0 Å². The summed E-state index contributed by atoms with van der Waals surface area (Å²) in [7, 11) is 0. The van der Waals surface area contributed by atoms with Gasteiger partial charge in [0.2, 0.25) is 5.91 Å². The second kappa shape index (κ2) is 10.7. The molecule has 34 heavy (non-hydrogen) atoms. The molecule has 0 saturated heterocycles. The largest absolute Gasteiger partial charge is 0.352 e. The molecule has 0 unspecified atom stereocenters. The standard InChI is InChI=1S/C27H27FN4O2/c1-2-31(20-11-4-3-5-12-20)26(33)19-32-24-16-9-8-15-23(24)30-25(32)17-10-18-29-27(34)21-13-6-7-14-22(21)28/h3-9,11-16H,2,10,17-19H2,1H3,(H,29,34). The van der Waals surface area contributed by atoms with Gasteiger partial charge in [-0.05, 0) is 49.7 Å². The number of rotatable bonds is 9. The summed E-state index contributed by atoms with van der Waals surface area (Å²) in [6, 6.07) is 23.2. The second-order valence-corrected chi connectivity index (χ2v) is 7.92. The van der Waals surface area contributed by atoms with Crippen LogP contribution >= 0.6 is 0 Å². The van der Waals surface area contributed by atoms with Crippen LogP contribution in [0.5, 0.6) is 0 Å². The summed E-state index contributed by atoms with van der Waals surface area (Å²) in [5.41, 5.74) is 2.60. The van der Waals surface area contributed by atoms with Crippen LogP contribution in [0.25, 0.3) is 11.0 Å². The minimum atomic E-state index is -0.542. The Balaban J connectivity index is 1.46. The molecule has 4 rings (SSSR count). The summed E-state index contributed by atoms with van der Waals surface area (Å²) in [4.78, 5) is 32.0. The number of hydrogen-bond acceptors (Lipinski definition) is 3. The number of para-hydroxylation sites is 3. The Kier molecular flexibility index (Phi) is 7.32. The monoisotopic (exact) mass is 458 g/mol. The minimum absolute atomic E-state index is 0.0223. The SMILES string of the molecule is CCN(C(=O)Cn1c(CCCNC(=O)c2ccccc2F)nc2ccccc21)c1ccccc1. The van der Waals surface area contributed by atoms with Gasteiger partial charge in [0.15, 0.2) is 0 Å². The Morgan fingerprint density at radius 2 is 1.68 bits per heavy atom. The van der Waals surface area contributed by atoms with Gasteiger partial charge in [0, 0.05) is 25.2 Å². The molecule has 0 saturated carbocycles. The number of benzene rings is 3. The van der Waals surface area contributed by atoms with Gasteiger partial charge in [-0.1, -0.05) is 42.5 Å². The minimum Gasteiger partial charge on any atom is -0.352 e. The number of likely N-dealkylation sites (N-methyl/N-ethyl adjacent to an activating group) is 1.